The predicted octanol–water partition coefficient (Wildman–Crippen LogP) is 4.29. The molecule has 1 aromatic carbocycles. The van der Waals surface area contributed by atoms with Crippen molar-refractivity contribution in [3.63, 3.8) is 0 Å². The highest BCUT2D eigenvalue weighted by Crippen LogP contribution is 2.23. The molecule has 0 saturated heterocycles. The molecule has 0 aromatic heterocycles. The van der Waals surface area contributed by atoms with E-state index in [9.17, 15) is 0 Å². The lowest BCUT2D eigenvalue weighted by Gasteiger charge is -2.12. The van der Waals surface area contributed by atoms with Gasteiger partial charge in [0.15, 0.2) is 0 Å². The Kier molecular flexibility index (Phi) is 4.97. The number of aryl methyl sites for hydroxylation is 1. The summed E-state index contributed by atoms with van der Waals surface area (Å²) in [5.74, 6) is 0.818. The molecule has 84 valence electrons. The van der Waals surface area contributed by atoms with E-state index in [-0.39, 0.29) is 0 Å². The summed E-state index contributed by atoms with van der Waals surface area (Å²) in [5.41, 5.74) is 7.61. The zero-order chi connectivity index (χ0) is 11.3. The van der Waals surface area contributed by atoms with Crippen LogP contribution in [0.5, 0.6) is 0 Å². The molecule has 0 aliphatic heterocycles. The third-order valence-corrected chi connectivity index (χ3v) is 3.41. The van der Waals surface area contributed by atoms with Crippen LogP contribution in [-0.2, 0) is 6.42 Å². The van der Waals surface area contributed by atoms with E-state index in [1.165, 1.54) is 24.8 Å². The lowest BCUT2D eigenvalue weighted by Crippen LogP contribution is -2.00. The maximum absolute atomic E-state index is 6.12. The van der Waals surface area contributed by atoms with Gasteiger partial charge in [0.2, 0.25) is 0 Å². The third kappa shape index (κ3) is 3.75. The molecular formula is C13H20ClN. The molecule has 0 atom stereocenters. The summed E-state index contributed by atoms with van der Waals surface area (Å²) in [6.45, 7) is 4.50. The zero-order valence-electron chi connectivity index (χ0n) is 9.59. The van der Waals surface area contributed by atoms with E-state index in [0.717, 1.165) is 23.0 Å². The quantitative estimate of drug-likeness (QED) is 0.744. The fourth-order valence-corrected chi connectivity index (χ4v) is 2.11. The number of hydrogen-bond donors (Lipinski definition) is 1. The fourth-order valence-electron chi connectivity index (χ4n) is 1.82. The van der Waals surface area contributed by atoms with Gasteiger partial charge in [0, 0.05) is 10.7 Å². The third-order valence-electron chi connectivity index (χ3n) is 3.05. The van der Waals surface area contributed by atoms with Crippen LogP contribution < -0.4 is 5.73 Å². The summed E-state index contributed by atoms with van der Waals surface area (Å²) >= 11 is 6.12. The van der Waals surface area contributed by atoms with Crippen molar-refractivity contribution in [3.05, 3.63) is 28.8 Å². The number of halogens is 1. The van der Waals surface area contributed by atoms with Crippen LogP contribution in [0, 0.1) is 5.92 Å². The van der Waals surface area contributed by atoms with Crippen LogP contribution in [0.15, 0.2) is 18.2 Å². The lowest BCUT2D eigenvalue weighted by molar-refractivity contribution is 0.456. The average Bonchev–Trinajstić information content (AvgIpc) is 2.22. The van der Waals surface area contributed by atoms with E-state index in [1.807, 2.05) is 18.2 Å². The Morgan fingerprint density at radius 3 is 2.47 bits per heavy atom. The first-order valence-electron chi connectivity index (χ1n) is 5.71. The highest BCUT2D eigenvalue weighted by atomic mass is 35.5. The predicted molar refractivity (Wildman–Crippen MR) is 68.3 cm³/mol. The molecule has 1 rings (SSSR count). The SMILES string of the molecule is CCC(CC)CCc1ccc(N)cc1Cl. The highest BCUT2D eigenvalue weighted by molar-refractivity contribution is 6.31. The fraction of sp³-hybridized carbons (Fsp3) is 0.538. The van der Waals surface area contributed by atoms with E-state index in [0.29, 0.717) is 0 Å². The minimum Gasteiger partial charge on any atom is -0.399 e. The zero-order valence-corrected chi connectivity index (χ0v) is 10.3. The molecule has 0 fully saturated rings. The van der Waals surface area contributed by atoms with Crippen molar-refractivity contribution in [1.82, 2.24) is 0 Å². The number of rotatable bonds is 5. The van der Waals surface area contributed by atoms with Gasteiger partial charge in [0.05, 0.1) is 0 Å². The van der Waals surface area contributed by atoms with Crippen LogP contribution in [0.1, 0.15) is 38.7 Å². The van der Waals surface area contributed by atoms with Gasteiger partial charge in [-0.3, -0.25) is 0 Å². The smallest absolute Gasteiger partial charge is 0.0458 e. The summed E-state index contributed by atoms with van der Waals surface area (Å²) in [4.78, 5) is 0. The molecule has 15 heavy (non-hydrogen) atoms. The van der Waals surface area contributed by atoms with Gasteiger partial charge in [-0.05, 0) is 36.5 Å². The lowest BCUT2D eigenvalue weighted by atomic mass is 9.95. The van der Waals surface area contributed by atoms with Crippen LogP contribution in [-0.4, -0.2) is 0 Å². The van der Waals surface area contributed by atoms with E-state index >= 15 is 0 Å². The van der Waals surface area contributed by atoms with Gasteiger partial charge in [0.1, 0.15) is 0 Å². The van der Waals surface area contributed by atoms with Crippen molar-refractivity contribution < 1.29 is 0 Å². The Morgan fingerprint density at radius 1 is 1.27 bits per heavy atom. The summed E-state index contributed by atoms with van der Waals surface area (Å²) in [7, 11) is 0. The van der Waals surface area contributed by atoms with Crippen molar-refractivity contribution in [3.8, 4) is 0 Å². The van der Waals surface area contributed by atoms with Gasteiger partial charge in [-0.2, -0.15) is 0 Å². The van der Waals surface area contributed by atoms with Crippen LogP contribution in [0.25, 0.3) is 0 Å². The minimum atomic E-state index is 0.742. The Labute approximate surface area is 97.6 Å². The van der Waals surface area contributed by atoms with Gasteiger partial charge < -0.3 is 5.73 Å². The Hall–Kier alpha value is -0.690. The van der Waals surface area contributed by atoms with E-state index in [2.05, 4.69) is 13.8 Å². The number of benzene rings is 1. The minimum absolute atomic E-state index is 0.742. The molecule has 0 saturated carbocycles. The average molecular weight is 226 g/mol. The standard InChI is InChI=1S/C13H20ClN/c1-3-10(4-2)5-6-11-7-8-12(15)9-13(11)14/h7-10H,3-6,15H2,1-2H3. The molecule has 0 bridgehead atoms. The van der Waals surface area contributed by atoms with E-state index < -0.39 is 0 Å². The van der Waals surface area contributed by atoms with Crippen molar-refractivity contribution in [2.75, 3.05) is 5.73 Å². The molecule has 2 N–H and O–H groups in total. The summed E-state index contributed by atoms with van der Waals surface area (Å²) in [5, 5.41) is 0.806. The second-order valence-corrected chi connectivity index (χ2v) is 4.48. The molecule has 1 nitrogen and oxygen atoms in total. The molecule has 0 aliphatic rings. The molecule has 0 radical (unpaired) electrons. The topological polar surface area (TPSA) is 26.0 Å². The molecule has 0 aliphatic carbocycles. The van der Waals surface area contributed by atoms with Crippen LogP contribution in [0.2, 0.25) is 5.02 Å². The monoisotopic (exact) mass is 225 g/mol. The van der Waals surface area contributed by atoms with Crippen LogP contribution in [0.3, 0.4) is 0 Å². The Bertz CT molecular complexity index is 305. The number of hydrogen-bond acceptors (Lipinski definition) is 1. The first-order chi connectivity index (χ1) is 7.17. The first kappa shape index (κ1) is 12.4. The maximum Gasteiger partial charge on any atom is 0.0458 e. The van der Waals surface area contributed by atoms with E-state index in [1.54, 1.807) is 0 Å². The maximum atomic E-state index is 6.12. The van der Waals surface area contributed by atoms with Gasteiger partial charge in [0.25, 0.3) is 0 Å². The number of anilines is 1. The van der Waals surface area contributed by atoms with Gasteiger partial charge in [-0.25, -0.2) is 0 Å². The van der Waals surface area contributed by atoms with Gasteiger partial charge in [-0.1, -0.05) is 44.4 Å². The van der Waals surface area contributed by atoms with Crippen molar-refractivity contribution in [2.24, 2.45) is 5.92 Å². The molecule has 0 amide bonds. The summed E-state index contributed by atoms with van der Waals surface area (Å²) in [6.07, 6.45) is 4.79. The summed E-state index contributed by atoms with van der Waals surface area (Å²) < 4.78 is 0. The van der Waals surface area contributed by atoms with Crippen LogP contribution >= 0.6 is 11.6 Å². The highest BCUT2D eigenvalue weighted by Gasteiger charge is 2.06. The first-order valence-corrected chi connectivity index (χ1v) is 6.09. The molecule has 0 unspecified atom stereocenters. The molecule has 0 heterocycles. The molecule has 2 heteroatoms. The number of nitrogens with two attached hydrogens (primary N) is 1. The molecule has 1 aromatic rings. The molecular weight excluding hydrogens is 206 g/mol. The normalized spacial score (nSPS) is 10.9. The van der Waals surface area contributed by atoms with Crippen molar-refractivity contribution in [2.45, 2.75) is 39.5 Å². The second-order valence-electron chi connectivity index (χ2n) is 4.07. The van der Waals surface area contributed by atoms with Crippen molar-refractivity contribution >= 4 is 17.3 Å². The largest absolute Gasteiger partial charge is 0.399 e. The Balaban J connectivity index is 2.57. The van der Waals surface area contributed by atoms with Gasteiger partial charge in [-0.15, -0.1) is 0 Å². The van der Waals surface area contributed by atoms with Crippen molar-refractivity contribution in [1.29, 1.82) is 0 Å². The Morgan fingerprint density at radius 2 is 1.93 bits per heavy atom. The van der Waals surface area contributed by atoms with E-state index in [4.69, 9.17) is 17.3 Å². The molecule has 0 spiro atoms. The number of nitrogen functional groups attached to an aromatic ring is 1. The second kappa shape index (κ2) is 6.02. The van der Waals surface area contributed by atoms with Gasteiger partial charge >= 0.3 is 0 Å². The van der Waals surface area contributed by atoms with Crippen LogP contribution in [0.4, 0.5) is 5.69 Å². The summed E-state index contributed by atoms with van der Waals surface area (Å²) in [6, 6.07) is 5.80.